The summed E-state index contributed by atoms with van der Waals surface area (Å²) in [4.78, 5) is 8.79. The van der Waals surface area contributed by atoms with Gasteiger partial charge >= 0.3 is 0 Å². The number of para-hydroxylation sites is 1. The van der Waals surface area contributed by atoms with Crippen molar-refractivity contribution in [3.05, 3.63) is 24.3 Å². The first-order valence-corrected chi connectivity index (χ1v) is 5.89. The molecule has 5 nitrogen and oxygen atoms in total. The number of nitrogens with zero attached hydrogens (tertiary/aromatic N) is 2. The average Bonchev–Trinajstić information content (AvgIpc) is 2.38. The third-order valence-electron chi connectivity index (χ3n) is 2.68. The summed E-state index contributed by atoms with van der Waals surface area (Å²) >= 11 is 0. The minimum Gasteiger partial charge on any atom is -0.394 e. The highest BCUT2D eigenvalue weighted by Gasteiger charge is 2.18. The van der Waals surface area contributed by atoms with Crippen LogP contribution in [0.5, 0.6) is 0 Å². The van der Waals surface area contributed by atoms with Crippen LogP contribution in [0.15, 0.2) is 24.3 Å². The van der Waals surface area contributed by atoms with Crippen LogP contribution < -0.4 is 10.6 Å². The molecule has 3 N–H and O–H groups in total. The predicted octanol–water partition coefficient (Wildman–Crippen LogP) is 1.85. The molecule has 0 amide bonds. The van der Waals surface area contributed by atoms with E-state index in [0.29, 0.717) is 5.95 Å². The lowest BCUT2D eigenvalue weighted by atomic mass is 10.1. The lowest BCUT2D eigenvalue weighted by molar-refractivity contribution is 0.234. The number of hydrogen-bond acceptors (Lipinski definition) is 5. The average molecular weight is 246 g/mol. The van der Waals surface area contributed by atoms with E-state index in [1.807, 2.05) is 38.1 Å². The maximum Gasteiger partial charge on any atom is 0.224 e. The van der Waals surface area contributed by atoms with Crippen molar-refractivity contribution in [3.63, 3.8) is 0 Å². The molecule has 0 saturated carbocycles. The molecule has 96 valence electrons. The van der Waals surface area contributed by atoms with E-state index >= 15 is 0 Å². The molecule has 2 rings (SSSR count). The number of fused-ring (bicyclic) bond motifs is 1. The van der Waals surface area contributed by atoms with Gasteiger partial charge in [0.15, 0.2) is 0 Å². The van der Waals surface area contributed by atoms with Crippen molar-refractivity contribution in [2.45, 2.75) is 19.4 Å². The van der Waals surface area contributed by atoms with Crippen LogP contribution in [0, 0.1) is 0 Å². The van der Waals surface area contributed by atoms with Crippen LogP contribution in [-0.4, -0.2) is 34.3 Å². The highest BCUT2D eigenvalue weighted by atomic mass is 16.3. The zero-order valence-electron chi connectivity index (χ0n) is 10.9. The largest absolute Gasteiger partial charge is 0.394 e. The second-order valence-electron chi connectivity index (χ2n) is 4.83. The quantitative estimate of drug-likeness (QED) is 0.768. The Morgan fingerprint density at radius 1 is 1.22 bits per heavy atom. The molecule has 0 spiro atoms. The normalized spacial score (nSPS) is 11.6. The Morgan fingerprint density at radius 3 is 2.61 bits per heavy atom. The van der Waals surface area contributed by atoms with Crippen LogP contribution in [0.3, 0.4) is 0 Å². The van der Waals surface area contributed by atoms with Gasteiger partial charge in [0, 0.05) is 12.4 Å². The molecular weight excluding hydrogens is 228 g/mol. The minimum atomic E-state index is -0.428. The van der Waals surface area contributed by atoms with Gasteiger partial charge in [0.05, 0.1) is 17.7 Å². The molecule has 0 bridgehead atoms. The second-order valence-corrected chi connectivity index (χ2v) is 4.83. The van der Waals surface area contributed by atoms with Gasteiger partial charge in [-0.25, -0.2) is 4.98 Å². The molecule has 5 heteroatoms. The maximum absolute atomic E-state index is 9.33. The van der Waals surface area contributed by atoms with Crippen molar-refractivity contribution in [2.24, 2.45) is 0 Å². The van der Waals surface area contributed by atoms with Gasteiger partial charge in [0.2, 0.25) is 5.95 Å². The van der Waals surface area contributed by atoms with E-state index in [2.05, 4.69) is 20.6 Å². The summed E-state index contributed by atoms with van der Waals surface area (Å²) < 4.78 is 0. The van der Waals surface area contributed by atoms with Crippen LogP contribution in [0.4, 0.5) is 11.8 Å². The molecule has 0 atom stereocenters. The lowest BCUT2D eigenvalue weighted by Gasteiger charge is -2.25. The predicted molar refractivity (Wildman–Crippen MR) is 73.9 cm³/mol. The third kappa shape index (κ3) is 2.51. The number of hydrogen-bond donors (Lipinski definition) is 3. The molecular formula is C13H18N4O. The molecule has 0 saturated heterocycles. The van der Waals surface area contributed by atoms with Gasteiger partial charge in [0.25, 0.3) is 0 Å². The van der Waals surface area contributed by atoms with E-state index in [1.54, 1.807) is 7.05 Å². The summed E-state index contributed by atoms with van der Waals surface area (Å²) in [6, 6.07) is 7.79. The molecule has 1 aromatic carbocycles. The number of anilines is 2. The summed E-state index contributed by atoms with van der Waals surface area (Å²) in [5.74, 6) is 1.29. The standard InChI is InChI=1S/C13H18N4O/c1-13(2,8-18)17-11-9-6-4-5-7-10(9)15-12(14-3)16-11/h4-7,18H,8H2,1-3H3,(H2,14,15,16,17). The first kappa shape index (κ1) is 12.6. The van der Waals surface area contributed by atoms with E-state index in [-0.39, 0.29) is 6.61 Å². The van der Waals surface area contributed by atoms with E-state index in [0.717, 1.165) is 16.7 Å². The van der Waals surface area contributed by atoms with Crippen molar-refractivity contribution < 1.29 is 5.11 Å². The Kier molecular flexibility index (Phi) is 3.34. The minimum absolute atomic E-state index is 0.0280. The Bertz CT molecular complexity index is 554. The zero-order valence-corrected chi connectivity index (χ0v) is 10.9. The van der Waals surface area contributed by atoms with Crippen LogP contribution in [0.2, 0.25) is 0 Å². The molecule has 0 aliphatic carbocycles. The molecule has 1 heterocycles. The van der Waals surface area contributed by atoms with Crippen molar-refractivity contribution in [1.82, 2.24) is 9.97 Å². The van der Waals surface area contributed by atoms with E-state index in [1.165, 1.54) is 0 Å². The van der Waals surface area contributed by atoms with Gasteiger partial charge < -0.3 is 15.7 Å². The molecule has 0 aliphatic rings. The monoisotopic (exact) mass is 246 g/mol. The summed E-state index contributed by atoms with van der Waals surface area (Å²) in [5, 5.41) is 16.5. The van der Waals surface area contributed by atoms with Crippen LogP contribution in [0.1, 0.15) is 13.8 Å². The molecule has 0 unspecified atom stereocenters. The smallest absolute Gasteiger partial charge is 0.224 e. The Labute approximate surface area is 106 Å². The van der Waals surface area contributed by atoms with Gasteiger partial charge in [-0.15, -0.1) is 0 Å². The van der Waals surface area contributed by atoms with Gasteiger partial charge in [0.1, 0.15) is 5.82 Å². The fourth-order valence-corrected chi connectivity index (χ4v) is 1.64. The number of nitrogens with one attached hydrogen (secondary N) is 2. The highest BCUT2D eigenvalue weighted by Crippen LogP contribution is 2.24. The molecule has 0 aliphatic heterocycles. The topological polar surface area (TPSA) is 70.1 Å². The Balaban J connectivity index is 2.53. The van der Waals surface area contributed by atoms with Gasteiger partial charge in [-0.1, -0.05) is 12.1 Å². The van der Waals surface area contributed by atoms with E-state index in [9.17, 15) is 5.11 Å². The fraction of sp³-hybridized carbons (Fsp3) is 0.385. The molecule has 2 aromatic rings. The zero-order chi connectivity index (χ0) is 13.2. The molecule has 0 radical (unpaired) electrons. The highest BCUT2D eigenvalue weighted by molar-refractivity contribution is 5.90. The van der Waals surface area contributed by atoms with Crippen LogP contribution in [-0.2, 0) is 0 Å². The molecule has 18 heavy (non-hydrogen) atoms. The van der Waals surface area contributed by atoms with Crippen molar-refractivity contribution >= 4 is 22.7 Å². The second kappa shape index (κ2) is 4.78. The number of aromatic nitrogens is 2. The number of aliphatic hydroxyl groups is 1. The Hall–Kier alpha value is -1.88. The summed E-state index contributed by atoms with van der Waals surface area (Å²) in [5.41, 5.74) is 0.440. The molecule has 1 aromatic heterocycles. The fourth-order valence-electron chi connectivity index (χ4n) is 1.64. The summed E-state index contributed by atoms with van der Waals surface area (Å²) in [6.07, 6.45) is 0. The van der Waals surface area contributed by atoms with Gasteiger partial charge in [-0.2, -0.15) is 4.98 Å². The van der Waals surface area contributed by atoms with Crippen LogP contribution >= 0.6 is 0 Å². The van der Waals surface area contributed by atoms with E-state index in [4.69, 9.17) is 0 Å². The first-order valence-electron chi connectivity index (χ1n) is 5.89. The van der Waals surface area contributed by atoms with Crippen molar-refractivity contribution in [1.29, 1.82) is 0 Å². The van der Waals surface area contributed by atoms with Crippen molar-refractivity contribution in [3.8, 4) is 0 Å². The SMILES string of the molecule is CNc1nc(NC(C)(C)CO)c2ccccc2n1. The Morgan fingerprint density at radius 2 is 1.94 bits per heavy atom. The maximum atomic E-state index is 9.33. The summed E-state index contributed by atoms with van der Waals surface area (Å²) in [6.45, 7) is 3.87. The number of aliphatic hydroxyl groups excluding tert-OH is 1. The van der Waals surface area contributed by atoms with Crippen molar-refractivity contribution in [2.75, 3.05) is 24.3 Å². The third-order valence-corrected chi connectivity index (χ3v) is 2.68. The number of benzene rings is 1. The first-order chi connectivity index (χ1) is 8.55. The number of rotatable bonds is 4. The summed E-state index contributed by atoms with van der Waals surface area (Å²) in [7, 11) is 1.78. The van der Waals surface area contributed by atoms with E-state index < -0.39 is 5.54 Å². The van der Waals surface area contributed by atoms with Gasteiger partial charge in [-0.3, -0.25) is 0 Å². The van der Waals surface area contributed by atoms with Gasteiger partial charge in [-0.05, 0) is 26.0 Å². The lowest BCUT2D eigenvalue weighted by Crippen LogP contribution is -2.35. The van der Waals surface area contributed by atoms with Crippen LogP contribution in [0.25, 0.3) is 10.9 Å². The molecule has 0 fully saturated rings.